The first kappa shape index (κ1) is 12.5. The van der Waals surface area contributed by atoms with Crippen LogP contribution in [-0.4, -0.2) is 11.2 Å². The van der Waals surface area contributed by atoms with Crippen molar-refractivity contribution in [2.24, 2.45) is 11.3 Å². The molecular weight excluding hydrogens is 184 g/mol. The molecule has 0 aromatic heterocycles. The second kappa shape index (κ2) is 4.98. The van der Waals surface area contributed by atoms with Crippen molar-refractivity contribution in [3.05, 3.63) is 23.8 Å². The zero-order valence-corrected chi connectivity index (χ0v) is 10.5. The molecule has 0 saturated carbocycles. The summed E-state index contributed by atoms with van der Waals surface area (Å²) in [7, 11) is 0. The lowest BCUT2D eigenvalue weighted by atomic mass is 9.76. The maximum absolute atomic E-state index is 9.41. The van der Waals surface area contributed by atoms with Gasteiger partial charge in [-0.1, -0.05) is 44.6 Å². The van der Waals surface area contributed by atoms with Crippen molar-refractivity contribution in [3.63, 3.8) is 0 Å². The van der Waals surface area contributed by atoms with Gasteiger partial charge in [0.05, 0.1) is 6.10 Å². The van der Waals surface area contributed by atoms with Gasteiger partial charge in [0.15, 0.2) is 0 Å². The van der Waals surface area contributed by atoms with E-state index in [4.69, 9.17) is 0 Å². The summed E-state index contributed by atoms with van der Waals surface area (Å²) in [6.45, 7) is 8.87. The molecule has 0 aromatic carbocycles. The summed E-state index contributed by atoms with van der Waals surface area (Å²) < 4.78 is 0. The van der Waals surface area contributed by atoms with Crippen LogP contribution in [0.1, 0.15) is 47.0 Å². The molecule has 0 heterocycles. The standard InChI is InChI=1S/C14H24O/c1-5-13(15)8-6-7-12-10-9-11(2)14(12,3)4/h6,8-9,12-13,15H,5,7,10H2,1-4H3/b8-6+. The monoisotopic (exact) mass is 208 g/mol. The van der Waals surface area contributed by atoms with Crippen LogP contribution in [0.15, 0.2) is 23.8 Å². The lowest BCUT2D eigenvalue weighted by Gasteiger charge is -2.28. The van der Waals surface area contributed by atoms with E-state index in [0.717, 1.165) is 12.8 Å². The number of rotatable bonds is 4. The van der Waals surface area contributed by atoms with Gasteiger partial charge in [-0.15, -0.1) is 0 Å². The fourth-order valence-corrected chi connectivity index (χ4v) is 2.13. The first-order chi connectivity index (χ1) is 6.98. The fraction of sp³-hybridized carbons (Fsp3) is 0.714. The Morgan fingerprint density at radius 2 is 2.27 bits per heavy atom. The second-order valence-electron chi connectivity index (χ2n) is 5.18. The summed E-state index contributed by atoms with van der Waals surface area (Å²) in [6.07, 6.45) is 9.25. The summed E-state index contributed by atoms with van der Waals surface area (Å²) in [5.74, 6) is 0.706. The Labute approximate surface area is 93.9 Å². The molecule has 0 spiro atoms. The van der Waals surface area contributed by atoms with E-state index >= 15 is 0 Å². The minimum atomic E-state index is -0.261. The van der Waals surface area contributed by atoms with Gasteiger partial charge < -0.3 is 5.11 Å². The molecule has 1 aliphatic rings. The SMILES string of the molecule is CCC(O)/C=C/CC1CC=C(C)C1(C)C. The smallest absolute Gasteiger partial charge is 0.0718 e. The summed E-state index contributed by atoms with van der Waals surface area (Å²) in [5.41, 5.74) is 1.85. The highest BCUT2D eigenvalue weighted by molar-refractivity contribution is 5.19. The molecule has 0 amide bonds. The van der Waals surface area contributed by atoms with E-state index in [9.17, 15) is 5.11 Å². The Balaban J connectivity index is 2.45. The Bertz CT molecular complexity index is 261. The highest BCUT2D eigenvalue weighted by Crippen LogP contribution is 2.44. The minimum Gasteiger partial charge on any atom is -0.389 e. The molecule has 0 bridgehead atoms. The molecule has 1 rings (SSSR count). The molecule has 1 nitrogen and oxygen atoms in total. The largest absolute Gasteiger partial charge is 0.389 e. The quantitative estimate of drug-likeness (QED) is 0.698. The Morgan fingerprint density at radius 1 is 1.60 bits per heavy atom. The molecule has 86 valence electrons. The summed E-state index contributed by atoms with van der Waals surface area (Å²) in [4.78, 5) is 0. The van der Waals surface area contributed by atoms with Crippen LogP contribution in [0.5, 0.6) is 0 Å². The summed E-state index contributed by atoms with van der Waals surface area (Å²) in [5, 5.41) is 9.41. The van der Waals surface area contributed by atoms with Crippen molar-refractivity contribution in [1.29, 1.82) is 0 Å². The number of aliphatic hydroxyl groups is 1. The molecule has 1 aliphatic carbocycles. The van der Waals surface area contributed by atoms with Gasteiger partial charge in [0.25, 0.3) is 0 Å². The molecule has 0 aromatic rings. The molecule has 1 N–H and O–H groups in total. The van der Waals surface area contributed by atoms with Crippen molar-refractivity contribution in [3.8, 4) is 0 Å². The summed E-state index contributed by atoms with van der Waals surface area (Å²) in [6, 6.07) is 0. The zero-order chi connectivity index (χ0) is 11.5. The van der Waals surface area contributed by atoms with E-state index in [0.29, 0.717) is 11.3 Å². The molecular formula is C14H24O. The van der Waals surface area contributed by atoms with E-state index in [1.54, 1.807) is 0 Å². The van der Waals surface area contributed by atoms with Crippen LogP contribution in [0.4, 0.5) is 0 Å². The predicted octanol–water partition coefficient (Wildman–Crippen LogP) is 3.70. The van der Waals surface area contributed by atoms with Crippen molar-refractivity contribution in [2.45, 2.75) is 53.1 Å². The third-order valence-corrected chi connectivity index (χ3v) is 3.94. The minimum absolute atomic E-state index is 0.261. The van der Waals surface area contributed by atoms with Crippen LogP contribution in [0, 0.1) is 11.3 Å². The van der Waals surface area contributed by atoms with Crippen LogP contribution >= 0.6 is 0 Å². The van der Waals surface area contributed by atoms with Crippen LogP contribution in [0.2, 0.25) is 0 Å². The number of hydrogen-bond donors (Lipinski definition) is 1. The number of allylic oxidation sites excluding steroid dienone is 3. The van der Waals surface area contributed by atoms with Gasteiger partial charge in [-0.25, -0.2) is 0 Å². The third-order valence-electron chi connectivity index (χ3n) is 3.94. The number of hydrogen-bond acceptors (Lipinski definition) is 1. The van der Waals surface area contributed by atoms with Crippen LogP contribution < -0.4 is 0 Å². The highest BCUT2D eigenvalue weighted by atomic mass is 16.3. The van der Waals surface area contributed by atoms with Crippen LogP contribution in [0.3, 0.4) is 0 Å². The summed E-state index contributed by atoms with van der Waals surface area (Å²) >= 11 is 0. The first-order valence-electron chi connectivity index (χ1n) is 6.00. The van der Waals surface area contributed by atoms with E-state index in [-0.39, 0.29) is 6.10 Å². The fourth-order valence-electron chi connectivity index (χ4n) is 2.13. The van der Waals surface area contributed by atoms with Crippen molar-refractivity contribution in [2.75, 3.05) is 0 Å². The molecule has 2 atom stereocenters. The third kappa shape index (κ3) is 2.94. The normalized spacial score (nSPS) is 27.0. The lowest BCUT2D eigenvalue weighted by molar-refractivity contribution is 0.218. The van der Waals surface area contributed by atoms with E-state index < -0.39 is 0 Å². The Kier molecular flexibility index (Phi) is 4.15. The highest BCUT2D eigenvalue weighted by Gasteiger charge is 2.33. The average Bonchev–Trinajstić information content (AvgIpc) is 2.44. The van der Waals surface area contributed by atoms with Crippen molar-refractivity contribution >= 4 is 0 Å². The molecule has 1 heteroatoms. The lowest BCUT2D eigenvalue weighted by Crippen LogP contribution is -2.19. The van der Waals surface area contributed by atoms with Gasteiger partial charge >= 0.3 is 0 Å². The Hall–Kier alpha value is -0.560. The van der Waals surface area contributed by atoms with E-state index in [1.165, 1.54) is 12.0 Å². The molecule has 15 heavy (non-hydrogen) atoms. The molecule has 0 radical (unpaired) electrons. The van der Waals surface area contributed by atoms with Crippen molar-refractivity contribution < 1.29 is 5.11 Å². The molecule has 0 aliphatic heterocycles. The predicted molar refractivity (Wildman–Crippen MR) is 65.7 cm³/mol. The maximum Gasteiger partial charge on any atom is 0.0718 e. The van der Waals surface area contributed by atoms with Crippen LogP contribution in [0.25, 0.3) is 0 Å². The zero-order valence-electron chi connectivity index (χ0n) is 10.5. The number of aliphatic hydroxyl groups excluding tert-OH is 1. The van der Waals surface area contributed by atoms with Crippen LogP contribution in [-0.2, 0) is 0 Å². The van der Waals surface area contributed by atoms with Gasteiger partial charge in [-0.2, -0.15) is 0 Å². The van der Waals surface area contributed by atoms with E-state index in [2.05, 4.69) is 32.9 Å². The average molecular weight is 208 g/mol. The molecule has 2 unspecified atom stereocenters. The Morgan fingerprint density at radius 3 is 2.73 bits per heavy atom. The van der Waals surface area contributed by atoms with Gasteiger partial charge in [0.1, 0.15) is 0 Å². The van der Waals surface area contributed by atoms with Gasteiger partial charge in [0, 0.05) is 0 Å². The van der Waals surface area contributed by atoms with Gasteiger partial charge in [-0.3, -0.25) is 0 Å². The molecule has 0 fully saturated rings. The van der Waals surface area contributed by atoms with Gasteiger partial charge in [0.2, 0.25) is 0 Å². The topological polar surface area (TPSA) is 20.2 Å². The maximum atomic E-state index is 9.41. The molecule has 0 saturated heterocycles. The second-order valence-corrected chi connectivity index (χ2v) is 5.18. The van der Waals surface area contributed by atoms with E-state index in [1.807, 2.05) is 13.0 Å². The van der Waals surface area contributed by atoms with Gasteiger partial charge in [-0.05, 0) is 37.5 Å². The van der Waals surface area contributed by atoms with Crippen molar-refractivity contribution in [1.82, 2.24) is 0 Å². The first-order valence-corrected chi connectivity index (χ1v) is 6.00.